The van der Waals surface area contributed by atoms with E-state index in [0.29, 0.717) is 5.92 Å². The Bertz CT molecular complexity index is 699. The molecule has 1 aliphatic rings. The summed E-state index contributed by atoms with van der Waals surface area (Å²) in [6.07, 6.45) is 2.04. The molecule has 0 spiro atoms. The van der Waals surface area contributed by atoms with Crippen LogP contribution in [0.1, 0.15) is 45.4 Å². The van der Waals surface area contributed by atoms with Crippen LogP contribution in [-0.4, -0.2) is 48.6 Å². The van der Waals surface area contributed by atoms with Crippen LogP contribution >= 0.6 is 0 Å². The van der Waals surface area contributed by atoms with Crippen LogP contribution in [0.5, 0.6) is 0 Å². The highest BCUT2D eigenvalue weighted by Gasteiger charge is 2.25. The van der Waals surface area contributed by atoms with Gasteiger partial charge in [0.1, 0.15) is 11.3 Å². The average Bonchev–Trinajstić information content (AvgIpc) is 3.05. The van der Waals surface area contributed by atoms with Crippen LogP contribution in [-0.2, 0) is 0 Å². The Kier molecular flexibility index (Phi) is 5.87. The molecule has 0 bridgehead atoms. The second kappa shape index (κ2) is 8.12. The molecular weight excluding hydrogens is 326 g/mol. The van der Waals surface area contributed by atoms with E-state index in [4.69, 9.17) is 4.42 Å². The summed E-state index contributed by atoms with van der Waals surface area (Å²) in [7, 11) is 1.83. The SMILES string of the molecule is CC(C)CN1CCC(NC(=O)N(C)C(C)c2cc3ccccc3o2)CC1. The minimum atomic E-state index is -0.108. The third-order valence-corrected chi connectivity index (χ3v) is 5.30. The van der Waals surface area contributed by atoms with E-state index in [1.807, 2.05) is 44.3 Å². The Morgan fingerprint density at radius 1 is 1.27 bits per heavy atom. The van der Waals surface area contributed by atoms with Gasteiger partial charge in [-0.05, 0) is 37.8 Å². The zero-order valence-corrected chi connectivity index (χ0v) is 16.4. The maximum absolute atomic E-state index is 12.7. The Labute approximate surface area is 156 Å². The van der Waals surface area contributed by atoms with Gasteiger partial charge in [-0.15, -0.1) is 0 Å². The lowest BCUT2D eigenvalue weighted by molar-refractivity contribution is 0.159. The van der Waals surface area contributed by atoms with Crippen molar-refractivity contribution in [2.24, 2.45) is 5.92 Å². The van der Waals surface area contributed by atoms with Gasteiger partial charge in [0.25, 0.3) is 0 Å². The van der Waals surface area contributed by atoms with Gasteiger partial charge in [-0.25, -0.2) is 4.79 Å². The van der Waals surface area contributed by atoms with Crippen LogP contribution in [0.4, 0.5) is 4.79 Å². The van der Waals surface area contributed by atoms with E-state index < -0.39 is 0 Å². The smallest absolute Gasteiger partial charge is 0.317 e. The lowest BCUT2D eigenvalue weighted by Crippen LogP contribution is -2.49. The number of piperidine rings is 1. The molecule has 2 heterocycles. The highest BCUT2D eigenvalue weighted by molar-refractivity contribution is 5.78. The van der Waals surface area contributed by atoms with Crippen molar-refractivity contribution in [1.82, 2.24) is 15.1 Å². The van der Waals surface area contributed by atoms with Gasteiger partial charge in [0, 0.05) is 38.1 Å². The molecule has 5 heteroatoms. The first-order valence-corrected chi connectivity index (χ1v) is 9.68. The molecule has 1 aliphatic heterocycles. The lowest BCUT2D eigenvalue weighted by atomic mass is 10.0. The van der Waals surface area contributed by atoms with Crippen LogP contribution in [0.15, 0.2) is 34.7 Å². The van der Waals surface area contributed by atoms with E-state index in [0.717, 1.165) is 49.2 Å². The third-order valence-electron chi connectivity index (χ3n) is 5.30. The van der Waals surface area contributed by atoms with E-state index in [9.17, 15) is 4.79 Å². The maximum Gasteiger partial charge on any atom is 0.317 e. The summed E-state index contributed by atoms with van der Waals surface area (Å²) in [5.74, 6) is 1.51. The molecule has 1 N–H and O–H groups in total. The minimum absolute atomic E-state index is 0.0275. The summed E-state index contributed by atoms with van der Waals surface area (Å²) >= 11 is 0. The monoisotopic (exact) mass is 357 g/mol. The van der Waals surface area contributed by atoms with Crippen LogP contribution in [0, 0.1) is 5.92 Å². The number of amides is 2. The molecule has 3 rings (SSSR count). The summed E-state index contributed by atoms with van der Waals surface area (Å²) in [4.78, 5) is 16.9. The van der Waals surface area contributed by atoms with Crippen LogP contribution in [0.25, 0.3) is 11.0 Å². The van der Waals surface area contributed by atoms with E-state index in [1.165, 1.54) is 0 Å². The normalized spacial score (nSPS) is 17.6. The fourth-order valence-electron chi connectivity index (χ4n) is 3.63. The Morgan fingerprint density at radius 3 is 2.62 bits per heavy atom. The van der Waals surface area contributed by atoms with Crippen LogP contribution in [0.2, 0.25) is 0 Å². The van der Waals surface area contributed by atoms with Gasteiger partial charge in [0.2, 0.25) is 0 Å². The van der Waals surface area contributed by atoms with E-state index in [2.05, 4.69) is 24.1 Å². The Morgan fingerprint density at radius 2 is 1.96 bits per heavy atom. The highest BCUT2D eigenvalue weighted by Crippen LogP contribution is 2.26. The predicted octanol–water partition coefficient (Wildman–Crippen LogP) is 4.26. The molecule has 1 unspecified atom stereocenters. The molecule has 1 saturated heterocycles. The number of hydrogen-bond acceptors (Lipinski definition) is 3. The molecule has 1 atom stereocenters. The quantitative estimate of drug-likeness (QED) is 0.870. The molecule has 0 saturated carbocycles. The number of likely N-dealkylation sites (tertiary alicyclic amines) is 1. The number of benzene rings is 1. The number of fused-ring (bicyclic) bond motifs is 1. The van der Waals surface area contributed by atoms with Gasteiger partial charge in [-0.2, -0.15) is 0 Å². The summed E-state index contributed by atoms with van der Waals surface area (Å²) < 4.78 is 5.91. The van der Waals surface area contributed by atoms with Gasteiger partial charge in [-0.3, -0.25) is 0 Å². The van der Waals surface area contributed by atoms with Gasteiger partial charge in [-0.1, -0.05) is 32.0 Å². The molecule has 5 nitrogen and oxygen atoms in total. The van der Waals surface area contributed by atoms with E-state index in [1.54, 1.807) is 4.90 Å². The Balaban J connectivity index is 1.54. The number of nitrogens with one attached hydrogen (secondary N) is 1. The van der Waals surface area contributed by atoms with Crippen molar-refractivity contribution in [3.05, 3.63) is 36.1 Å². The van der Waals surface area contributed by atoms with Crippen molar-refractivity contribution >= 4 is 17.0 Å². The van der Waals surface area contributed by atoms with Crippen LogP contribution in [0.3, 0.4) is 0 Å². The standard InChI is InChI=1S/C21H31N3O2/c1-15(2)14-24-11-9-18(10-12-24)22-21(25)23(4)16(3)20-13-17-7-5-6-8-19(17)26-20/h5-8,13,15-16,18H,9-12,14H2,1-4H3,(H,22,25). The number of carbonyl (C=O) groups is 1. The highest BCUT2D eigenvalue weighted by atomic mass is 16.3. The Hall–Kier alpha value is -2.01. The van der Waals surface area contributed by atoms with Crippen molar-refractivity contribution in [3.63, 3.8) is 0 Å². The van der Waals surface area contributed by atoms with Crippen molar-refractivity contribution in [3.8, 4) is 0 Å². The molecule has 0 radical (unpaired) electrons. The second-order valence-electron chi connectivity index (χ2n) is 7.89. The first-order chi connectivity index (χ1) is 12.4. The van der Waals surface area contributed by atoms with Crippen molar-refractivity contribution in [2.75, 3.05) is 26.7 Å². The molecule has 1 fully saturated rings. The first-order valence-electron chi connectivity index (χ1n) is 9.68. The number of nitrogens with zero attached hydrogens (tertiary/aromatic N) is 2. The predicted molar refractivity (Wildman–Crippen MR) is 105 cm³/mol. The van der Waals surface area contributed by atoms with Gasteiger partial charge in [0.15, 0.2) is 0 Å². The summed E-state index contributed by atoms with van der Waals surface area (Å²) in [5.41, 5.74) is 0.862. The molecule has 142 valence electrons. The number of furan rings is 1. The molecule has 26 heavy (non-hydrogen) atoms. The first kappa shape index (κ1) is 18.8. The third kappa shape index (κ3) is 4.39. The van der Waals surface area contributed by atoms with Gasteiger partial charge in [0.05, 0.1) is 6.04 Å². The molecule has 1 aromatic heterocycles. The molecule has 0 aliphatic carbocycles. The number of urea groups is 1. The number of para-hydroxylation sites is 1. The zero-order valence-electron chi connectivity index (χ0n) is 16.4. The average molecular weight is 357 g/mol. The van der Waals surface area contributed by atoms with Crippen molar-refractivity contribution < 1.29 is 9.21 Å². The lowest BCUT2D eigenvalue weighted by Gasteiger charge is -2.34. The van der Waals surface area contributed by atoms with Crippen molar-refractivity contribution in [1.29, 1.82) is 0 Å². The van der Waals surface area contributed by atoms with Crippen molar-refractivity contribution in [2.45, 2.75) is 45.7 Å². The van der Waals surface area contributed by atoms with Gasteiger partial charge >= 0.3 is 6.03 Å². The van der Waals surface area contributed by atoms with E-state index >= 15 is 0 Å². The minimum Gasteiger partial charge on any atom is -0.459 e. The largest absolute Gasteiger partial charge is 0.459 e. The molecule has 2 aromatic rings. The zero-order chi connectivity index (χ0) is 18.7. The fraction of sp³-hybridized carbons (Fsp3) is 0.571. The number of rotatable bonds is 5. The summed E-state index contributed by atoms with van der Waals surface area (Å²) in [5, 5.41) is 4.27. The second-order valence-corrected chi connectivity index (χ2v) is 7.89. The number of carbonyl (C=O) groups excluding carboxylic acids is 1. The maximum atomic E-state index is 12.7. The van der Waals surface area contributed by atoms with Crippen LogP contribution < -0.4 is 5.32 Å². The summed E-state index contributed by atoms with van der Waals surface area (Å²) in [6.45, 7) is 9.77. The molecular formula is C21H31N3O2. The fourth-order valence-corrected chi connectivity index (χ4v) is 3.63. The molecule has 2 amide bonds. The van der Waals surface area contributed by atoms with Gasteiger partial charge < -0.3 is 19.5 Å². The van der Waals surface area contributed by atoms with E-state index in [-0.39, 0.29) is 18.1 Å². The molecule has 1 aromatic carbocycles. The summed E-state index contributed by atoms with van der Waals surface area (Å²) in [6, 6.07) is 10.1. The number of hydrogen-bond donors (Lipinski definition) is 1. The topological polar surface area (TPSA) is 48.7 Å².